The van der Waals surface area contributed by atoms with E-state index in [1.54, 1.807) is 18.5 Å². The van der Waals surface area contributed by atoms with Crippen LogP contribution in [0, 0.1) is 11.7 Å². The Morgan fingerprint density at radius 1 is 1.10 bits per heavy atom. The molecule has 0 spiro atoms. The monoisotopic (exact) mass is 409 g/mol. The third-order valence-electron chi connectivity index (χ3n) is 6.06. The average molecular weight is 409 g/mol. The lowest BCUT2D eigenvalue weighted by Gasteiger charge is -2.41. The summed E-state index contributed by atoms with van der Waals surface area (Å²) in [6, 6.07) is 5.55. The second-order valence-electron chi connectivity index (χ2n) is 7.74. The predicted molar refractivity (Wildman–Crippen MR) is 106 cm³/mol. The first-order valence-electron chi connectivity index (χ1n) is 9.82. The molecule has 3 aromatic rings. The Kier molecular flexibility index (Phi) is 4.34. The molecule has 3 amide bonds. The van der Waals surface area contributed by atoms with Crippen molar-refractivity contribution in [3.05, 3.63) is 48.3 Å². The molecule has 30 heavy (non-hydrogen) atoms. The van der Waals surface area contributed by atoms with E-state index < -0.39 is 11.6 Å². The van der Waals surface area contributed by atoms with E-state index in [0.29, 0.717) is 38.0 Å². The van der Waals surface area contributed by atoms with Gasteiger partial charge in [0.05, 0.1) is 6.33 Å². The zero-order valence-electron chi connectivity index (χ0n) is 16.1. The van der Waals surface area contributed by atoms with E-state index >= 15 is 0 Å². The number of carbonyl (C=O) groups excluding carboxylic acids is 2. The topological polar surface area (TPSA) is 116 Å². The number of piperidine rings is 1. The summed E-state index contributed by atoms with van der Waals surface area (Å²) in [5.41, 5.74) is 1.14. The van der Waals surface area contributed by atoms with E-state index in [1.165, 1.54) is 18.5 Å². The van der Waals surface area contributed by atoms with Gasteiger partial charge >= 0.3 is 6.03 Å². The maximum absolute atomic E-state index is 13.3. The summed E-state index contributed by atoms with van der Waals surface area (Å²) in [4.78, 5) is 42.8. The molecule has 0 saturated carbocycles. The number of H-pyrrole nitrogens is 1. The largest absolute Gasteiger partial charge is 0.355 e. The SMILES string of the molecule is O=C1NC(=O)C(Cc2ccc(F)cc2)(C2CCN(c3ncnc4nc[nH]c34)CC2)N1. The smallest absolute Gasteiger partial charge is 0.322 e. The Morgan fingerprint density at radius 2 is 1.87 bits per heavy atom. The Balaban J connectivity index is 1.39. The number of imidazole rings is 1. The van der Waals surface area contributed by atoms with E-state index in [-0.39, 0.29) is 17.6 Å². The highest BCUT2D eigenvalue weighted by molar-refractivity contribution is 6.07. The number of carbonyl (C=O) groups is 2. The summed E-state index contributed by atoms with van der Waals surface area (Å²) in [5.74, 6) is 0.0528. The molecule has 10 heteroatoms. The average Bonchev–Trinajstić information content (AvgIpc) is 3.34. The molecular weight excluding hydrogens is 389 g/mol. The lowest BCUT2D eigenvalue weighted by molar-refractivity contribution is -0.126. The van der Waals surface area contributed by atoms with Gasteiger partial charge in [-0.25, -0.2) is 24.1 Å². The molecule has 2 saturated heterocycles. The van der Waals surface area contributed by atoms with Crippen LogP contribution in [0.1, 0.15) is 18.4 Å². The molecule has 1 aromatic carbocycles. The number of fused-ring (bicyclic) bond motifs is 1. The number of hydrogen-bond donors (Lipinski definition) is 3. The Morgan fingerprint density at radius 3 is 2.57 bits per heavy atom. The van der Waals surface area contributed by atoms with Gasteiger partial charge in [0, 0.05) is 19.5 Å². The minimum atomic E-state index is -1.05. The number of urea groups is 1. The lowest BCUT2D eigenvalue weighted by Crippen LogP contribution is -2.57. The molecule has 1 atom stereocenters. The van der Waals surface area contributed by atoms with Gasteiger partial charge in [0.1, 0.15) is 23.2 Å². The summed E-state index contributed by atoms with van der Waals surface area (Å²) in [6.07, 6.45) is 4.77. The van der Waals surface area contributed by atoms with Gasteiger partial charge in [-0.05, 0) is 36.5 Å². The van der Waals surface area contributed by atoms with Crippen molar-refractivity contribution in [2.45, 2.75) is 24.8 Å². The van der Waals surface area contributed by atoms with Gasteiger partial charge in [0.25, 0.3) is 5.91 Å². The summed E-state index contributed by atoms with van der Waals surface area (Å²) in [7, 11) is 0. The molecule has 0 aliphatic carbocycles. The molecule has 0 radical (unpaired) electrons. The maximum Gasteiger partial charge on any atom is 0.322 e. The van der Waals surface area contributed by atoms with Gasteiger partial charge in [-0.2, -0.15) is 0 Å². The Hall–Kier alpha value is -3.56. The number of nitrogens with zero attached hydrogens (tertiary/aromatic N) is 4. The van der Waals surface area contributed by atoms with Crippen LogP contribution in [0.4, 0.5) is 15.0 Å². The van der Waals surface area contributed by atoms with Crippen LogP contribution < -0.4 is 15.5 Å². The molecule has 2 fully saturated rings. The minimum absolute atomic E-state index is 0.0654. The molecule has 2 aromatic heterocycles. The number of halogens is 1. The fourth-order valence-electron chi connectivity index (χ4n) is 4.56. The highest BCUT2D eigenvalue weighted by atomic mass is 19.1. The third-order valence-corrected chi connectivity index (χ3v) is 6.06. The number of aromatic nitrogens is 4. The van der Waals surface area contributed by atoms with Gasteiger partial charge in [0.2, 0.25) is 0 Å². The van der Waals surface area contributed by atoms with Crippen molar-refractivity contribution >= 4 is 28.9 Å². The number of anilines is 1. The number of hydrogen-bond acceptors (Lipinski definition) is 6. The standard InChI is InChI=1S/C20H20FN7O2/c21-14-3-1-12(2-4-14)9-20(18(29)26-19(30)27-20)13-5-7-28(8-6-13)17-15-16(23-10-22-15)24-11-25-17/h1-4,10-11,13H,5-9H2,(H,22,23,24,25)(H2,26,27,29,30). The fraction of sp³-hybridized carbons (Fsp3) is 0.350. The van der Waals surface area contributed by atoms with Crippen LogP contribution in [0.5, 0.6) is 0 Å². The predicted octanol–water partition coefficient (Wildman–Crippen LogP) is 1.53. The van der Waals surface area contributed by atoms with Crippen molar-refractivity contribution in [2.24, 2.45) is 5.92 Å². The van der Waals surface area contributed by atoms with Gasteiger partial charge in [-0.1, -0.05) is 12.1 Å². The van der Waals surface area contributed by atoms with Crippen molar-refractivity contribution in [1.82, 2.24) is 30.6 Å². The maximum atomic E-state index is 13.3. The fourth-order valence-corrected chi connectivity index (χ4v) is 4.56. The first-order chi connectivity index (χ1) is 14.5. The molecule has 2 aliphatic rings. The van der Waals surface area contributed by atoms with E-state index in [0.717, 1.165) is 16.9 Å². The Labute approximate surface area is 171 Å². The number of benzene rings is 1. The lowest BCUT2D eigenvalue weighted by atomic mass is 9.74. The molecule has 1 unspecified atom stereocenters. The second kappa shape index (κ2) is 7.05. The normalized spacial score (nSPS) is 22.4. The number of imide groups is 1. The highest BCUT2D eigenvalue weighted by Gasteiger charge is 2.52. The molecule has 2 aliphatic heterocycles. The highest BCUT2D eigenvalue weighted by Crippen LogP contribution is 2.35. The minimum Gasteiger partial charge on any atom is -0.355 e. The zero-order valence-corrected chi connectivity index (χ0v) is 16.1. The quantitative estimate of drug-likeness (QED) is 0.563. The van der Waals surface area contributed by atoms with Crippen molar-refractivity contribution in [3.63, 3.8) is 0 Å². The van der Waals surface area contributed by atoms with Crippen LogP contribution in [0.3, 0.4) is 0 Å². The number of aromatic amines is 1. The van der Waals surface area contributed by atoms with Crippen molar-refractivity contribution in [2.75, 3.05) is 18.0 Å². The van der Waals surface area contributed by atoms with E-state index in [1.807, 2.05) is 0 Å². The molecule has 5 rings (SSSR count). The molecule has 154 valence electrons. The van der Waals surface area contributed by atoms with Crippen LogP contribution in [0.2, 0.25) is 0 Å². The summed E-state index contributed by atoms with van der Waals surface area (Å²) in [5, 5.41) is 5.27. The third kappa shape index (κ3) is 3.04. The first-order valence-corrected chi connectivity index (χ1v) is 9.82. The molecule has 3 N–H and O–H groups in total. The molecule has 9 nitrogen and oxygen atoms in total. The molecule has 4 heterocycles. The Bertz CT molecular complexity index is 1110. The van der Waals surface area contributed by atoms with Crippen LogP contribution in [0.15, 0.2) is 36.9 Å². The van der Waals surface area contributed by atoms with Crippen molar-refractivity contribution in [1.29, 1.82) is 0 Å². The van der Waals surface area contributed by atoms with Gasteiger partial charge in [0.15, 0.2) is 11.5 Å². The van der Waals surface area contributed by atoms with E-state index in [2.05, 4.69) is 35.5 Å². The number of rotatable bonds is 4. The van der Waals surface area contributed by atoms with Gasteiger partial charge in [-0.3, -0.25) is 10.1 Å². The van der Waals surface area contributed by atoms with E-state index in [9.17, 15) is 14.0 Å². The second-order valence-corrected chi connectivity index (χ2v) is 7.74. The summed E-state index contributed by atoms with van der Waals surface area (Å²) >= 11 is 0. The van der Waals surface area contributed by atoms with Gasteiger partial charge in [-0.15, -0.1) is 0 Å². The number of amides is 3. The van der Waals surface area contributed by atoms with Crippen LogP contribution in [-0.2, 0) is 11.2 Å². The van der Waals surface area contributed by atoms with Gasteiger partial charge < -0.3 is 15.2 Å². The van der Waals surface area contributed by atoms with Crippen molar-refractivity contribution in [3.8, 4) is 0 Å². The van der Waals surface area contributed by atoms with Crippen LogP contribution in [0.25, 0.3) is 11.2 Å². The van der Waals surface area contributed by atoms with Crippen LogP contribution >= 0.6 is 0 Å². The molecular formula is C20H20FN7O2. The molecule has 0 bridgehead atoms. The zero-order chi connectivity index (χ0) is 20.7. The van der Waals surface area contributed by atoms with E-state index in [4.69, 9.17) is 0 Å². The summed E-state index contributed by atoms with van der Waals surface area (Å²) < 4.78 is 13.3. The summed E-state index contributed by atoms with van der Waals surface area (Å²) in [6.45, 7) is 1.34. The van der Waals surface area contributed by atoms with Crippen LogP contribution in [-0.4, -0.2) is 50.5 Å². The first kappa shape index (κ1) is 18.5. The number of nitrogens with one attached hydrogen (secondary N) is 3. The van der Waals surface area contributed by atoms with Crippen molar-refractivity contribution < 1.29 is 14.0 Å².